The van der Waals surface area contributed by atoms with Gasteiger partial charge in [-0.05, 0) is 40.2 Å². The van der Waals surface area contributed by atoms with Crippen LogP contribution in [-0.2, 0) is 0 Å². The molecule has 0 fully saturated rings. The van der Waals surface area contributed by atoms with Gasteiger partial charge in [-0.25, -0.2) is 0 Å². The monoisotopic (exact) mass is 263 g/mol. The first-order valence-corrected chi connectivity index (χ1v) is 6.93. The predicted octanol–water partition coefficient (Wildman–Crippen LogP) is 2.39. The van der Waals surface area contributed by atoms with Crippen molar-refractivity contribution in [3.63, 3.8) is 0 Å². The van der Waals surface area contributed by atoms with Gasteiger partial charge in [0.05, 0.1) is 0 Å². The van der Waals surface area contributed by atoms with Crippen LogP contribution >= 0.6 is 12.2 Å². The normalized spacial score (nSPS) is 19.9. The molecule has 2 heteroatoms. The van der Waals surface area contributed by atoms with E-state index in [2.05, 4.69) is 59.8 Å². The lowest BCUT2D eigenvalue weighted by atomic mass is 9.88. The summed E-state index contributed by atoms with van der Waals surface area (Å²) in [5.41, 5.74) is 3.97. The summed E-state index contributed by atoms with van der Waals surface area (Å²) in [6.07, 6.45) is 12.9. The van der Waals surface area contributed by atoms with Crippen molar-refractivity contribution >= 4 is 29.4 Å². The average molecular weight is 263 g/mol. The molecule has 0 saturated carbocycles. The third-order valence-electron chi connectivity index (χ3n) is 3.84. The van der Waals surface area contributed by atoms with Gasteiger partial charge in [-0.3, -0.25) is 0 Å². The minimum absolute atomic E-state index is 0.920. The van der Waals surface area contributed by atoms with Crippen LogP contribution in [0.15, 0.2) is 59.5 Å². The molecule has 0 bridgehead atoms. The van der Waals surface area contributed by atoms with Crippen molar-refractivity contribution in [2.75, 3.05) is 0 Å². The van der Waals surface area contributed by atoms with E-state index < -0.39 is 0 Å². The molecule has 0 saturated heterocycles. The smallest absolute Gasteiger partial charge is 0.0497 e. The minimum atomic E-state index is 0.920. The standard InChI is InChI=1S/C17H13NS/c19-15-6-5-12-7-8-18-11-14-4-2-1-3-13(14)9-17(18)16(12)10-15/h1-5,7-9,11H,6,10H2. The molecule has 92 valence electrons. The van der Waals surface area contributed by atoms with Crippen LogP contribution in [0.5, 0.6) is 0 Å². The second-order valence-electron chi connectivity index (χ2n) is 5.07. The number of benzene rings is 1. The molecule has 0 amide bonds. The lowest BCUT2D eigenvalue weighted by molar-refractivity contribution is 0.686. The van der Waals surface area contributed by atoms with Gasteiger partial charge in [0.1, 0.15) is 0 Å². The van der Waals surface area contributed by atoms with E-state index in [9.17, 15) is 0 Å². The van der Waals surface area contributed by atoms with Gasteiger partial charge >= 0.3 is 0 Å². The van der Waals surface area contributed by atoms with Crippen LogP contribution in [0.25, 0.3) is 12.3 Å². The number of hydrogen-bond donors (Lipinski definition) is 0. The Bertz CT molecular complexity index is 793. The first-order chi connectivity index (χ1) is 9.31. The van der Waals surface area contributed by atoms with Gasteiger partial charge in [0.2, 0.25) is 0 Å². The molecular weight excluding hydrogens is 250 g/mol. The Morgan fingerprint density at radius 1 is 1.11 bits per heavy atom. The average Bonchev–Trinajstić information content (AvgIpc) is 2.45. The van der Waals surface area contributed by atoms with Crippen LogP contribution in [0.1, 0.15) is 12.8 Å². The summed E-state index contributed by atoms with van der Waals surface area (Å²) in [6.45, 7) is 0. The van der Waals surface area contributed by atoms with E-state index in [-0.39, 0.29) is 0 Å². The quantitative estimate of drug-likeness (QED) is 0.661. The van der Waals surface area contributed by atoms with Crippen molar-refractivity contribution in [2.45, 2.75) is 12.8 Å². The second-order valence-corrected chi connectivity index (χ2v) is 5.65. The van der Waals surface area contributed by atoms with Gasteiger partial charge in [-0.1, -0.05) is 42.6 Å². The van der Waals surface area contributed by atoms with E-state index in [4.69, 9.17) is 12.2 Å². The van der Waals surface area contributed by atoms with Crippen LogP contribution in [0.4, 0.5) is 0 Å². The lowest BCUT2D eigenvalue weighted by Gasteiger charge is -2.30. The zero-order valence-electron chi connectivity index (χ0n) is 10.5. The van der Waals surface area contributed by atoms with Gasteiger partial charge < -0.3 is 4.90 Å². The van der Waals surface area contributed by atoms with Gasteiger partial charge in [0.25, 0.3) is 0 Å². The molecule has 1 aliphatic carbocycles. The van der Waals surface area contributed by atoms with Gasteiger partial charge in [-0.15, -0.1) is 0 Å². The van der Waals surface area contributed by atoms with E-state index in [1.165, 1.54) is 27.3 Å². The molecule has 1 aromatic carbocycles. The Balaban J connectivity index is 2.00. The van der Waals surface area contributed by atoms with Gasteiger partial charge in [-0.2, -0.15) is 0 Å². The molecule has 0 aromatic heterocycles. The number of hydrogen-bond acceptors (Lipinski definition) is 2. The Labute approximate surface area is 117 Å². The second kappa shape index (κ2) is 4.04. The Hall–Kier alpha value is -1.93. The lowest BCUT2D eigenvalue weighted by Crippen LogP contribution is -2.34. The first-order valence-electron chi connectivity index (χ1n) is 6.52. The number of thiocarbonyl (C=S) groups is 1. The van der Waals surface area contributed by atoms with Gasteiger partial charge in [0.15, 0.2) is 0 Å². The summed E-state index contributed by atoms with van der Waals surface area (Å²) in [4.78, 5) is 3.34. The van der Waals surface area contributed by atoms with E-state index in [0.29, 0.717) is 0 Å². The van der Waals surface area contributed by atoms with Crippen molar-refractivity contribution in [1.29, 1.82) is 0 Å². The van der Waals surface area contributed by atoms with E-state index in [1.54, 1.807) is 0 Å². The zero-order valence-corrected chi connectivity index (χ0v) is 11.3. The van der Waals surface area contributed by atoms with Crippen LogP contribution in [-0.4, -0.2) is 9.76 Å². The summed E-state index contributed by atoms with van der Waals surface area (Å²) >= 11 is 5.40. The van der Waals surface area contributed by atoms with Crippen molar-refractivity contribution in [2.24, 2.45) is 0 Å². The SMILES string of the molecule is S=C1CC=C2C=CN3C=c4ccccc4=CC3=C2C1. The molecule has 4 rings (SSSR count). The maximum Gasteiger partial charge on any atom is 0.0497 e. The molecule has 0 N–H and O–H groups in total. The highest BCUT2D eigenvalue weighted by molar-refractivity contribution is 7.80. The maximum absolute atomic E-state index is 5.40. The Kier molecular flexibility index (Phi) is 2.32. The third kappa shape index (κ3) is 1.71. The topological polar surface area (TPSA) is 3.24 Å². The van der Waals surface area contributed by atoms with Crippen molar-refractivity contribution in [3.05, 3.63) is 69.9 Å². The molecular formula is C17H13NS. The fraction of sp³-hybridized carbons (Fsp3) is 0.118. The van der Waals surface area contributed by atoms with Crippen LogP contribution < -0.4 is 10.4 Å². The number of allylic oxidation sites excluding steroid dienone is 5. The zero-order chi connectivity index (χ0) is 12.8. The molecule has 19 heavy (non-hydrogen) atoms. The van der Waals surface area contributed by atoms with E-state index in [1.807, 2.05) is 0 Å². The Morgan fingerprint density at radius 3 is 2.84 bits per heavy atom. The summed E-state index contributed by atoms with van der Waals surface area (Å²) in [5.74, 6) is 0. The first kappa shape index (κ1) is 10.9. The molecule has 1 nitrogen and oxygen atoms in total. The predicted molar refractivity (Wildman–Crippen MR) is 82.5 cm³/mol. The highest BCUT2D eigenvalue weighted by Gasteiger charge is 2.22. The maximum atomic E-state index is 5.40. The fourth-order valence-electron chi connectivity index (χ4n) is 2.85. The molecule has 1 aromatic rings. The molecule has 2 aliphatic heterocycles. The summed E-state index contributed by atoms with van der Waals surface area (Å²) in [5, 5.41) is 2.55. The van der Waals surface area contributed by atoms with Crippen LogP contribution in [0.3, 0.4) is 0 Å². The Morgan fingerprint density at radius 2 is 1.95 bits per heavy atom. The molecule has 3 aliphatic rings. The highest BCUT2D eigenvalue weighted by Crippen LogP contribution is 2.33. The molecule has 0 atom stereocenters. The summed E-state index contributed by atoms with van der Waals surface area (Å²) in [7, 11) is 0. The highest BCUT2D eigenvalue weighted by atomic mass is 32.1. The van der Waals surface area contributed by atoms with Crippen molar-refractivity contribution in [1.82, 2.24) is 4.90 Å². The van der Waals surface area contributed by atoms with Crippen LogP contribution in [0.2, 0.25) is 0 Å². The van der Waals surface area contributed by atoms with Crippen molar-refractivity contribution < 1.29 is 0 Å². The largest absolute Gasteiger partial charge is 0.323 e. The number of rotatable bonds is 0. The van der Waals surface area contributed by atoms with E-state index >= 15 is 0 Å². The van der Waals surface area contributed by atoms with Crippen LogP contribution in [0, 0.1) is 0 Å². The van der Waals surface area contributed by atoms with Gasteiger partial charge in [0, 0.05) is 29.4 Å². The summed E-state index contributed by atoms with van der Waals surface area (Å²) < 4.78 is 0. The fourth-order valence-corrected chi connectivity index (χ4v) is 3.08. The minimum Gasteiger partial charge on any atom is -0.323 e. The summed E-state index contributed by atoms with van der Waals surface area (Å²) in [6, 6.07) is 8.48. The number of nitrogens with zero attached hydrogens (tertiary/aromatic N) is 1. The van der Waals surface area contributed by atoms with E-state index in [0.717, 1.165) is 17.7 Å². The van der Waals surface area contributed by atoms with Crippen molar-refractivity contribution in [3.8, 4) is 0 Å². The molecule has 2 heterocycles. The molecule has 0 spiro atoms. The molecule has 0 unspecified atom stereocenters. The molecule has 0 radical (unpaired) electrons. The third-order valence-corrected chi connectivity index (χ3v) is 4.15. The number of fused-ring (bicyclic) bond motifs is 3.